The van der Waals surface area contributed by atoms with Gasteiger partial charge in [-0.15, -0.1) is 0 Å². The van der Waals surface area contributed by atoms with E-state index in [0.29, 0.717) is 0 Å². The number of carbonyl (C=O) groups excluding carboxylic acids is 2. The fourth-order valence-electron chi connectivity index (χ4n) is 4.48. The van der Waals surface area contributed by atoms with Gasteiger partial charge in [0.15, 0.2) is 0 Å². The molecule has 272 valence electrons. The van der Waals surface area contributed by atoms with Gasteiger partial charge >= 0.3 is 24.3 Å². The summed E-state index contributed by atoms with van der Waals surface area (Å²) in [6.07, 6.45) is -9.01. The summed E-state index contributed by atoms with van der Waals surface area (Å²) in [6, 6.07) is 21.8. The largest absolute Gasteiger partial charge is 0.460 e. The van der Waals surface area contributed by atoms with E-state index >= 15 is 0 Å². The highest BCUT2D eigenvalue weighted by molar-refractivity contribution is 5.97. The average molecular weight is 721 g/mol. The van der Waals surface area contributed by atoms with E-state index in [4.69, 9.17) is 23.7 Å². The van der Waals surface area contributed by atoms with Gasteiger partial charge in [-0.3, -0.25) is 0 Å². The van der Waals surface area contributed by atoms with Crippen molar-refractivity contribution in [1.82, 2.24) is 0 Å². The lowest BCUT2D eigenvalue weighted by molar-refractivity contribution is -0.138. The molecule has 51 heavy (non-hydrogen) atoms. The second kappa shape index (κ2) is 18.8. The number of para-hydroxylation sites is 2. The van der Waals surface area contributed by atoms with Crippen LogP contribution in [0.15, 0.2) is 97.1 Å². The van der Waals surface area contributed by atoms with Crippen LogP contribution in [0.4, 0.5) is 49.1 Å². The number of carbonyl (C=O) groups is 2. The molecule has 9 nitrogen and oxygen atoms in total. The zero-order valence-electron chi connectivity index (χ0n) is 27.0. The van der Waals surface area contributed by atoms with E-state index in [2.05, 4.69) is 10.6 Å². The Hall–Kier alpha value is -5.12. The lowest BCUT2D eigenvalue weighted by Gasteiger charge is -2.14. The predicted molar refractivity (Wildman–Crippen MR) is 175 cm³/mol. The number of halogens is 6. The molecule has 0 atom stereocenters. The molecule has 0 aliphatic heterocycles. The third-order valence-corrected chi connectivity index (χ3v) is 6.90. The predicted octanol–water partition coefficient (Wildman–Crippen LogP) is 8.28. The summed E-state index contributed by atoms with van der Waals surface area (Å²) in [6.45, 7) is 0.900. The maximum absolute atomic E-state index is 13.0. The van der Waals surface area contributed by atoms with Gasteiger partial charge in [0, 0.05) is 11.4 Å². The highest BCUT2D eigenvalue weighted by Gasteiger charge is 2.31. The molecule has 0 aliphatic rings. The summed E-state index contributed by atoms with van der Waals surface area (Å²) in [5.74, 6) is -1.35. The topological polar surface area (TPSA) is 104 Å². The third kappa shape index (κ3) is 12.6. The molecule has 4 rings (SSSR count). The molecule has 0 unspecified atom stereocenters. The van der Waals surface area contributed by atoms with E-state index in [1.54, 1.807) is 36.4 Å². The first kappa shape index (κ1) is 38.7. The molecule has 4 aromatic carbocycles. The number of rotatable bonds is 18. The van der Waals surface area contributed by atoms with Crippen molar-refractivity contribution in [2.24, 2.45) is 0 Å². The maximum atomic E-state index is 13.0. The number of alkyl halides is 6. The summed E-state index contributed by atoms with van der Waals surface area (Å²) >= 11 is 0. The summed E-state index contributed by atoms with van der Waals surface area (Å²) in [5, 5.41) is 5.66. The van der Waals surface area contributed by atoms with Gasteiger partial charge in [-0.05, 0) is 60.7 Å². The maximum Gasteiger partial charge on any atom is 0.416 e. The molecule has 0 spiro atoms. The Morgan fingerprint density at radius 1 is 0.471 bits per heavy atom. The monoisotopic (exact) mass is 720 g/mol. The molecule has 0 saturated heterocycles. The Kier molecular flexibility index (Phi) is 14.2. The lowest BCUT2D eigenvalue weighted by Crippen LogP contribution is -2.16. The van der Waals surface area contributed by atoms with Crippen molar-refractivity contribution in [3.05, 3.63) is 119 Å². The Morgan fingerprint density at radius 3 is 1.20 bits per heavy atom. The minimum Gasteiger partial charge on any atom is -0.460 e. The van der Waals surface area contributed by atoms with E-state index in [1.807, 2.05) is 0 Å². The van der Waals surface area contributed by atoms with Crippen molar-refractivity contribution in [3.8, 4) is 0 Å². The van der Waals surface area contributed by atoms with Crippen molar-refractivity contribution in [1.29, 1.82) is 0 Å². The number of hydrogen-bond donors (Lipinski definition) is 2. The van der Waals surface area contributed by atoms with E-state index in [1.165, 1.54) is 36.4 Å². The fourth-order valence-corrected chi connectivity index (χ4v) is 4.48. The second-order valence-electron chi connectivity index (χ2n) is 10.6. The quantitative estimate of drug-likeness (QED) is 0.0597. The molecule has 0 fully saturated rings. The Bertz CT molecular complexity index is 1610. The smallest absolute Gasteiger partial charge is 0.416 e. The van der Waals surface area contributed by atoms with Crippen molar-refractivity contribution in [2.75, 3.05) is 63.5 Å². The normalized spacial score (nSPS) is 11.6. The lowest BCUT2D eigenvalue weighted by atomic mass is 10.1. The number of ether oxygens (including phenoxy) is 5. The highest BCUT2D eigenvalue weighted by Crippen LogP contribution is 2.33. The van der Waals surface area contributed by atoms with Gasteiger partial charge in [-0.1, -0.05) is 36.4 Å². The van der Waals surface area contributed by atoms with Crippen molar-refractivity contribution in [2.45, 2.75) is 12.4 Å². The van der Waals surface area contributed by atoms with Crippen LogP contribution in [0.2, 0.25) is 0 Å². The minimum atomic E-state index is -4.51. The third-order valence-electron chi connectivity index (χ3n) is 6.90. The first-order chi connectivity index (χ1) is 24.4. The van der Waals surface area contributed by atoms with Crippen LogP contribution in [0.5, 0.6) is 0 Å². The summed E-state index contributed by atoms with van der Waals surface area (Å²) < 4.78 is 105. The molecule has 0 aromatic heterocycles. The molecule has 4 aromatic rings. The SMILES string of the molecule is O=C(OCCOCCOCCOCCOC(=O)c1ccccc1Nc1cccc(C(F)(F)F)c1)c1ccccc1Nc1cccc(C(F)(F)F)c1. The standard InChI is InChI=1S/C36H34F6N2O7/c37-35(38,39)25-7-5-9-27(23-25)43-31-13-3-1-11-29(31)33(45)50-21-19-48-17-15-47-16-18-49-20-22-51-34(46)30-12-2-4-14-32(30)44-28-10-6-8-26(24-28)36(40,41)42/h1-14,23-24,43-44H,15-22H2. The molecule has 0 amide bonds. The molecule has 2 N–H and O–H groups in total. The van der Waals surface area contributed by atoms with Gasteiger partial charge in [0.2, 0.25) is 0 Å². The number of esters is 2. The van der Waals surface area contributed by atoms with Crippen LogP contribution in [0.1, 0.15) is 31.8 Å². The highest BCUT2D eigenvalue weighted by atomic mass is 19.4. The van der Waals surface area contributed by atoms with Crippen LogP contribution in [0, 0.1) is 0 Å². The molecule has 0 radical (unpaired) electrons. The van der Waals surface area contributed by atoms with Gasteiger partial charge in [-0.25, -0.2) is 9.59 Å². The van der Waals surface area contributed by atoms with Gasteiger partial charge in [-0.2, -0.15) is 26.3 Å². The molecular formula is C36H34F6N2O7. The van der Waals surface area contributed by atoms with Crippen LogP contribution in [-0.2, 0) is 36.0 Å². The Balaban J connectivity index is 1.05. The van der Waals surface area contributed by atoms with Gasteiger partial charge in [0.25, 0.3) is 0 Å². The van der Waals surface area contributed by atoms with Gasteiger partial charge in [0.05, 0.1) is 73.3 Å². The summed E-state index contributed by atoms with van der Waals surface area (Å²) in [7, 11) is 0. The van der Waals surface area contributed by atoms with Gasteiger partial charge < -0.3 is 34.3 Å². The van der Waals surface area contributed by atoms with Gasteiger partial charge in [0.1, 0.15) is 13.2 Å². The molecule has 0 aliphatic carbocycles. The fraction of sp³-hybridized carbons (Fsp3) is 0.278. The zero-order valence-corrected chi connectivity index (χ0v) is 27.0. The first-order valence-corrected chi connectivity index (χ1v) is 15.6. The minimum absolute atomic E-state index is 0.0651. The average Bonchev–Trinajstić information content (AvgIpc) is 3.10. The second-order valence-corrected chi connectivity index (χ2v) is 10.6. The number of anilines is 4. The molecule has 0 saturated carbocycles. The molecule has 0 bridgehead atoms. The first-order valence-electron chi connectivity index (χ1n) is 15.6. The van der Waals surface area contributed by atoms with Crippen LogP contribution in [-0.4, -0.2) is 64.8 Å². The zero-order chi connectivity index (χ0) is 36.7. The van der Waals surface area contributed by atoms with Crippen molar-refractivity contribution >= 4 is 34.7 Å². The van der Waals surface area contributed by atoms with E-state index in [-0.39, 0.29) is 86.7 Å². The molecule has 0 heterocycles. The summed E-state index contributed by atoms with van der Waals surface area (Å²) in [4.78, 5) is 25.2. The van der Waals surface area contributed by atoms with Crippen LogP contribution in [0.25, 0.3) is 0 Å². The van der Waals surface area contributed by atoms with Crippen LogP contribution >= 0.6 is 0 Å². The molecular weight excluding hydrogens is 686 g/mol. The van der Waals surface area contributed by atoms with E-state index in [9.17, 15) is 35.9 Å². The van der Waals surface area contributed by atoms with Crippen LogP contribution < -0.4 is 10.6 Å². The molecule has 15 heteroatoms. The van der Waals surface area contributed by atoms with E-state index < -0.39 is 35.4 Å². The van der Waals surface area contributed by atoms with Crippen molar-refractivity contribution < 1.29 is 59.6 Å². The Morgan fingerprint density at radius 2 is 0.824 bits per heavy atom. The number of nitrogens with one attached hydrogen (secondary N) is 2. The summed E-state index contributed by atoms with van der Waals surface area (Å²) in [5.41, 5.74) is -0.470. The van der Waals surface area contributed by atoms with Crippen molar-refractivity contribution in [3.63, 3.8) is 0 Å². The van der Waals surface area contributed by atoms with E-state index in [0.717, 1.165) is 24.3 Å². The Labute approximate surface area is 289 Å². The number of hydrogen-bond acceptors (Lipinski definition) is 9. The number of benzene rings is 4. The van der Waals surface area contributed by atoms with Crippen LogP contribution in [0.3, 0.4) is 0 Å².